The molecule has 5 heteroatoms. The largest absolute Gasteiger partial charge is 0.461 e. The van der Waals surface area contributed by atoms with Crippen LogP contribution in [0, 0.1) is 0 Å². The van der Waals surface area contributed by atoms with Crippen LogP contribution in [0.5, 0.6) is 0 Å². The fourth-order valence-electron chi connectivity index (χ4n) is 1.77. The van der Waals surface area contributed by atoms with Crippen molar-refractivity contribution >= 4 is 36.3 Å². The maximum absolute atomic E-state index is 13.5. The van der Waals surface area contributed by atoms with E-state index in [0.717, 1.165) is 16.4 Å². The van der Waals surface area contributed by atoms with Gasteiger partial charge >= 0.3 is 5.97 Å². The molecule has 0 amide bonds. The van der Waals surface area contributed by atoms with Gasteiger partial charge in [-0.05, 0) is 19.1 Å². The Morgan fingerprint density at radius 2 is 2.33 bits per heavy atom. The molecule has 0 radical (unpaired) electrons. The standard InChI is InChI=1S/C13H13BFNO2/c1-2-18-13(17)11(15)5-8-7-16-12-4-3-9(14)6-10(8)12/h3-7,16H,2,14H2,1H3/b11-5-. The fraction of sp³-hybridized carbons (Fsp3) is 0.154. The minimum atomic E-state index is -0.931. The second kappa shape index (κ2) is 5.08. The second-order valence-corrected chi connectivity index (χ2v) is 4.01. The van der Waals surface area contributed by atoms with E-state index < -0.39 is 11.8 Å². The summed E-state index contributed by atoms with van der Waals surface area (Å²) in [6.45, 7) is 1.80. The van der Waals surface area contributed by atoms with Crippen molar-refractivity contribution in [3.05, 3.63) is 35.8 Å². The van der Waals surface area contributed by atoms with E-state index >= 15 is 0 Å². The van der Waals surface area contributed by atoms with Crippen molar-refractivity contribution in [3.8, 4) is 0 Å². The molecule has 1 N–H and O–H groups in total. The van der Waals surface area contributed by atoms with Gasteiger partial charge in [0.15, 0.2) is 0 Å². The lowest BCUT2D eigenvalue weighted by atomic mass is 9.94. The van der Waals surface area contributed by atoms with Crippen LogP contribution in [0.25, 0.3) is 17.0 Å². The van der Waals surface area contributed by atoms with Crippen LogP contribution in [0.2, 0.25) is 0 Å². The Kier molecular flexibility index (Phi) is 3.51. The van der Waals surface area contributed by atoms with Gasteiger partial charge in [-0.15, -0.1) is 0 Å². The monoisotopic (exact) mass is 245 g/mol. The van der Waals surface area contributed by atoms with Crippen LogP contribution in [0.3, 0.4) is 0 Å². The van der Waals surface area contributed by atoms with Gasteiger partial charge in [0.25, 0.3) is 0 Å². The molecule has 0 saturated heterocycles. The lowest BCUT2D eigenvalue weighted by Gasteiger charge is -1.98. The topological polar surface area (TPSA) is 42.1 Å². The van der Waals surface area contributed by atoms with E-state index in [-0.39, 0.29) is 6.61 Å². The molecule has 1 aromatic carbocycles. The quantitative estimate of drug-likeness (QED) is 0.503. The number of hydrogen-bond donors (Lipinski definition) is 1. The molecule has 0 fully saturated rings. The zero-order chi connectivity index (χ0) is 13.1. The second-order valence-electron chi connectivity index (χ2n) is 4.01. The Bertz CT molecular complexity index is 618. The Hall–Kier alpha value is -2.04. The van der Waals surface area contributed by atoms with Gasteiger partial charge in [0.05, 0.1) is 6.61 Å². The molecule has 0 aliphatic rings. The van der Waals surface area contributed by atoms with Crippen molar-refractivity contribution in [2.45, 2.75) is 6.92 Å². The average Bonchev–Trinajstić information content (AvgIpc) is 2.72. The molecule has 0 saturated carbocycles. The van der Waals surface area contributed by atoms with Crippen molar-refractivity contribution in [1.29, 1.82) is 0 Å². The molecule has 0 atom stereocenters. The first kappa shape index (κ1) is 12.4. The van der Waals surface area contributed by atoms with E-state index in [1.54, 1.807) is 13.1 Å². The maximum atomic E-state index is 13.5. The number of carbonyl (C=O) groups excluding carboxylic acids is 1. The van der Waals surface area contributed by atoms with Crippen molar-refractivity contribution in [1.82, 2.24) is 4.98 Å². The molecule has 1 heterocycles. The Labute approximate surface area is 105 Å². The summed E-state index contributed by atoms with van der Waals surface area (Å²) in [4.78, 5) is 14.2. The third-order valence-corrected chi connectivity index (χ3v) is 2.62. The minimum Gasteiger partial charge on any atom is -0.461 e. The molecule has 0 unspecified atom stereocenters. The van der Waals surface area contributed by atoms with Crippen molar-refractivity contribution < 1.29 is 13.9 Å². The molecular weight excluding hydrogens is 232 g/mol. The van der Waals surface area contributed by atoms with Gasteiger partial charge in [0.1, 0.15) is 7.85 Å². The summed E-state index contributed by atoms with van der Waals surface area (Å²) < 4.78 is 18.1. The van der Waals surface area contributed by atoms with E-state index in [1.165, 1.54) is 6.08 Å². The Morgan fingerprint density at radius 1 is 1.56 bits per heavy atom. The number of hydrogen-bond acceptors (Lipinski definition) is 2. The van der Waals surface area contributed by atoms with Crippen LogP contribution < -0.4 is 5.46 Å². The number of esters is 1. The molecule has 0 aliphatic heterocycles. The Morgan fingerprint density at radius 3 is 3.06 bits per heavy atom. The highest BCUT2D eigenvalue weighted by atomic mass is 19.1. The SMILES string of the molecule is Bc1ccc2[nH]cc(/C=C(\F)C(=O)OCC)c2c1. The molecule has 3 nitrogen and oxygen atoms in total. The summed E-state index contributed by atoms with van der Waals surface area (Å²) in [5.41, 5.74) is 2.62. The Balaban J connectivity index is 2.39. The number of halogens is 1. The summed E-state index contributed by atoms with van der Waals surface area (Å²) >= 11 is 0. The van der Waals surface area contributed by atoms with Crippen LogP contribution in [-0.4, -0.2) is 25.4 Å². The first-order valence-electron chi connectivity index (χ1n) is 5.74. The van der Waals surface area contributed by atoms with Gasteiger partial charge in [0.2, 0.25) is 5.83 Å². The highest BCUT2D eigenvalue weighted by Crippen LogP contribution is 2.20. The third kappa shape index (κ3) is 2.45. The van der Waals surface area contributed by atoms with E-state index in [4.69, 9.17) is 0 Å². The predicted molar refractivity (Wildman–Crippen MR) is 72.2 cm³/mol. The predicted octanol–water partition coefficient (Wildman–Crippen LogP) is 1.30. The first-order valence-corrected chi connectivity index (χ1v) is 5.74. The third-order valence-electron chi connectivity index (χ3n) is 2.62. The number of aromatic amines is 1. The van der Waals surface area contributed by atoms with Crippen molar-refractivity contribution in [2.24, 2.45) is 0 Å². The zero-order valence-corrected chi connectivity index (χ0v) is 10.3. The van der Waals surface area contributed by atoms with E-state index in [0.29, 0.717) is 5.56 Å². The van der Waals surface area contributed by atoms with Crippen LogP contribution in [0.1, 0.15) is 12.5 Å². The number of H-pyrrole nitrogens is 1. The van der Waals surface area contributed by atoms with Gasteiger partial charge in [-0.3, -0.25) is 0 Å². The normalized spacial score (nSPS) is 11.8. The summed E-state index contributed by atoms with van der Waals surface area (Å²) in [6, 6.07) is 5.83. The first-order chi connectivity index (χ1) is 8.61. The number of ether oxygens (including phenoxy) is 1. The number of benzene rings is 1. The van der Waals surface area contributed by atoms with Crippen molar-refractivity contribution in [2.75, 3.05) is 6.61 Å². The number of fused-ring (bicyclic) bond motifs is 1. The van der Waals surface area contributed by atoms with Crippen molar-refractivity contribution in [3.63, 3.8) is 0 Å². The molecule has 2 aromatic rings. The summed E-state index contributed by atoms with van der Waals surface area (Å²) in [5, 5.41) is 0.884. The highest BCUT2D eigenvalue weighted by molar-refractivity contribution is 6.33. The minimum absolute atomic E-state index is 0.160. The lowest BCUT2D eigenvalue weighted by molar-refractivity contribution is -0.140. The van der Waals surface area contributed by atoms with E-state index in [2.05, 4.69) is 9.72 Å². The van der Waals surface area contributed by atoms with Gasteiger partial charge in [-0.2, -0.15) is 4.39 Å². The van der Waals surface area contributed by atoms with Crippen LogP contribution >= 0.6 is 0 Å². The number of rotatable bonds is 3. The molecule has 2 rings (SSSR count). The van der Waals surface area contributed by atoms with Crippen LogP contribution in [0.15, 0.2) is 30.2 Å². The highest BCUT2D eigenvalue weighted by Gasteiger charge is 2.11. The van der Waals surface area contributed by atoms with Gasteiger partial charge < -0.3 is 9.72 Å². The van der Waals surface area contributed by atoms with E-state index in [9.17, 15) is 9.18 Å². The number of aromatic nitrogens is 1. The van der Waals surface area contributed by atoms with Crippen LogP contribution in [0.4, 0.5) is 4.39 Å². The average molecular weight is 245 g/mol. The maximum Gasteiger partial charge on any atom is 0.367 e. The smallest absolute Gasteiger partial charge is 0.367 e. The van der Waals surface area contributed by atoms with Crippen LogP contribution in [-0.2, 0) is 9.53 Å². The summed E-state index contributed by atoms with van der Waals surface area (Å²) in [6.07, 6.45) is 2.86. The zero-order valence-electron chi connectivity index (χ0n) is 10.3. The molecular formula is C13H13BFNO2. The fourth-order valence-corrected chi connectivity index (χ4v) is 1.77. The molecule has 92 valence electrons. The molecule has 0 bridgehead atoms. The molecule has 0 aliphatic carbocycles. The number of nitrogens with one attached hydrogen (secondary N) is 1. The van der Waals surface area contributed by atoms with Gasteiger partial charge in [0, 0.05) is 22.7 Å². The van der Waals surface area contributed by atoms with E-state index in [1.807, 2.05) is 26.0 Å². The summed E-state index contributed by atoms with van der Waals surface area (Å²) in [7, 11) is 1.96. The molecule has 0 spiro atoms. The summed E-state index contributed by atoms with van der Waals surface area (Å²) in [5.74, 6) is -1.82. The number of carbonyl (C=O) groups is 1. The van der Waals surface area contributed by atoms with Gasteiger partial charge in [-0.25, -0.2) is 4.79 Å². The lowest BCUT2D eigenvalue weighted by Crippen LogP contribution is -2.04. The van der Waals surface area contributed by atoms with Gasteiger partial charge in [-0.1, -0.05) is 17.6 Å². The molecule has 18 heavy (non-hydrogen) atoms. The molecule has 1 aromatic heterocycles.